The van der Waals surface area contributed by atoms with Gasteiger partial charge in [0.25, 0.3) is 0 Å². The van der Waals surface area contributed by atoms with Gasteiger partial charge in [0, 0.05) is 16.1 Å². The number of nitrogens with two attached hydrogens (primary N) is 1. The molecule has 0 aromatic heterocycles. The molecule has 0 unspecified atom stereocenters. The predicted octanol–water partition coefficient (Wildman–Crippen LogP) is 4.24. The fourth-order valence-corrected chi connectivity index (χ4v) is 1.93. The fourth-order valence-electron chi connectivity index (χ4n) is 1.55. The molecule has 0 saturated carbocycles. The summed E-state index contributed by atoms with van der Waals surface area (Å²) >= 11 is 3.45. The van der Waals surface area contributed by atoms with E-state index in [4.69, 9.17) is 10.5 Å². The van der Waals surface area contributed by atoms with Gasteiger partial charge in [-0.1, -0.05) is 22.0 Å². The minimum Gasteiger partial charge on any atom is -0.494 e. The van der Waals surface area contributed by atoms with Crippen molar-refractivity contribution in [2.45, 2.75) is 25.8 Å². The van der Waals surface area contributed by atoms with Crippen molar-refractivity contribution >= 4 is 28.3 Å². The number of allylic oxidation sites excluding steroid dienone is 1. The zero-order valence-electron chi connectivity index (χ0n) is 9.99. The van der Waals surface area contributed by atoms with Crippen LogP contribution in [0.3, 0.4) is 0 Å². The SMILES string of the molecule is C=CCC[C@H](N)c1cc(Br)ccc1OCC.Cl. The zero-order valence-corrected chi connectivity index (χ0v) is 12.4. The number of benzene rings is 1. The topological polar surface area (TPSA) is 35.2 Å². The van der Waals surface area contributed by atoms with Gasteiger partial charge >= 0.3 is 0 Å². The maximum Gasteiger partial charge on any atom is 0.124 e. The van der Waals surface area contributed by atoms with E-state index >= 15 is 0 Å². The first-order valence-corrected chi connectivity index (χ1v) is 6.27. The monoisotopic (exact) mass is 319 g/mol. The highest BCUT2D eigenvalue weighted by Gasteiger charge is 2.11. The molecule has 1 atom stereocenters. The summed E-state index contributed by atoms with van der Waals surface area (Å²) in [7, 11) is 0. The summed E-state index contributed by atoms with van der Waals surface area (Å²) in [4.78, 5) is 0. The molecule has 1 aromatic rings. The first-order valence-electron chi connectivity index (χ1n) is 5.47. The Labute approximate surface area is 118 Å². The number of hydrogen-bond acceptors (Lipinski definition) is 2. The summed E-state index contributed by atoms with van der Waals surface area (Å²) in [5.74, 6) is 0.877. The van der Waals surface area contributed by atoms with Crippen molar-refractivity contribution in [3.8, 4) is 5.75 Å². The van der Waals surface area contributed by atoms with Crippen LogP contribution in [0.1, 0.15) is 31.4 Å². The Morgan fingerprint density at radius 1 is 1.53 bits per heavy atom. The molecule has 0 spiro atoms. The van der Waals surface area contributed by atoms with Gasteiger partial charge in [-0.3, -0.25) is 0 Å². The molecule has 0 bridgehead atoms. The second-order valence-electron chi connectivity index (χ2n) is 3.59. The maximum absolute atomic E-state index is 6.13. The third-order valence-electron chi connectivity index (χ3n) is 2.35. The molecule has 1 aromatic carbocycles. The molecular formula is C13H19BrClNO. The lowest BCUT2D eigenvalue weighted by Crippen LogP contribution is -2.12. The molecule has 0 aliphatic carbocycles. The molecule has 2 nitrogen and oxygen atoms in total. The second-order valence-corrected chi connectivity index (χ2v) is 4.50. The van der Waals surface area contributed by atoms with E-state index in [1.54, 1.807) is 0 Å². The first kappa shape index (κ1) is 16.5. The van der Waals surface area contributed by atoms with Crippen molar-refractivity contribution in [1.82, 2.24) is 0 Å². The van der Waals surface area contributed by atoms with Crippen LogP contribution >= 0.6 is 28.3 Å². The molecule has 0 aliphatic rings. The highest BCUT2D eigenvalue weighted by Crippen LogP contribution is 2.29. The van der Waals surface area contributed by atoms with Crippen molar-refractivity contribution in [3.05, 3.63) is 40.9 Å². The van der Waals surface area contributed by atoms with Crippen molar-refractivity contribution < 1.29 is 4.74 Å². The van der Waals surface area contributed by atoms with Gasteiger partial charge in [0.05, 0.1) is 6.61 Å². The standard InChI is InChI=1S/C13H18BrNO.ClH/c1-3-5-6-12(15)11-9-10(14)7-8-13(11)16-4-2;/h3,7-9,12H,1,4-6,15H2,2H3;1H/t12-;/m0./s1. The molecule has 1 rings (SSSR count). The minimum absolute atomic E-state index is 0. The summed E-state index contributed by atoms with van der Waals surface area (Å²) in [5.41, 5.74) is 7.19. The van der Waals surface area contributed by atoms with Crippen molar-refractivity contribution in [3.63, 3.8) is 0 Å². The van der Waals surface area contributed by atoms with Crippen LogP contribution in [0.15, 0.2) is 35.3 Å². The third kappa shape index (κ3) is 5.11. The second kappa shape index (κ2) is 8.56. The number of rotatable bonds is 6. The zero-order chi connectivity index (χ0) is 12.0. The van der Waals surface area contributed by atoms with Gasteiger partial charge < -0.3 is 10.5 Å². The average molecular weight is 321 g/mol. The molecule has 0 amide bonds. The van der Waals surface area contributed by atoms with E-state index in [0.29, 0.717) is 6.61 Å². The Kier molecular flexibility index (Phi) is 8.30. The fraction of sp³-hybridized carbons (Fsp3) is 0.385. The van der Waals surface area contributed by atoms with Crippen LogP contribution in [-0.2, 0) is 0 Å². The Hall–Kier alpha value is -0.510. The Balaban J connectivity index is 0.00000256. The molecule has 0 radical (unpaired) electrons. The van der Waals surface area contributed by atoms with Crippen LogP contribution in [0.4, 0.5) is 0 Å². The van der Waals surface area contributed by atoms with E-state index in [2.05, 4.69) is 22.5 Å². The molecule has 96 valence electrons. The Morgan fingerprint density at radius 2 is 2.24 bits per heavy atom. The van der Waals surface area contributed by atoms with E-state index in [9.17, 15) is 0 Å². The number of ether oxygens (including phenoxy) is 1. The molecule has 0 aliphatic heterocycles. The van der Waals surface area contributed by atoms with Gasteiger partial charge in [0.15, 0.2) is 0 Å². The highest BCUT2D eigenvalue weighted by atomic mass is 79.9. The van der Waals surface area contributed by atoms with E-state index < -0.39 is 0 Å². The van der Waals surface area contributed by atoms with Crippen molar-refractivity contribution in [1.29, 1.82) is 0 Å². The summed E-state index contributed by atoms with van der Waals surface area (Å²) in [6.07, 6.45) is 3.69. The molecule has 0 fully saturated rings. The van der Waals surface area contributed by atoms with Crippen LogP contribution in [0, 0.1) is 0 Å². The van der Waals surface area contributed by atoms with E-state index in [1.165, 1.54) is 0 Å². The van der Waals surface area contributed by atoms with Crippen LogP contribution in [0.5, 0.6) is 5.75 Å². The normalized spacial score (nSPS) is 11.5. The number of hydrogen-bond donors (Lipinski definition) is 1. The molecule has 0 saturated heterocycles. The molecule has 0 heterocycles. The Bertz CT molecular complexity index is 357. The molecular weight excluding hydrogens is 302 g/mol. The van der Waals surface area contributed by atoms with Gasteiger partial charge in [0.2, 0.25) is 0 Å². The highest BCUT2D eigenvalue weighted by molar-refractivity contribution is 9.10. The lowest BCUT2D eigenvalue weighted by Gasteiger charge is -2.16. The number of halogens is 2. The predicted molar refractivity (Wildman–Crippen MR) is 78.9 cm³/mol. The van der Waals surface area contributed by atoms with Gasteiger partial charge in [0.1, 0.15) is 5.75 Å². The summed E-state index contributed by atoms with van der Waals surface area (Å²) in [6.45, 7) is 6.34. The summed E-state index contributed by atoms with van der Waals surface area (Å²) < 4.78 is 6.59. The molecule has 17 heavy (non-hydrogen) atoms. The van der Waals surface area contributed by atoms with Crippen LogP contribution in [0.25, 0.3) is 0 Å². The van der Waals surface area contributed by atoms with E-state index in [1.807, 2.05) is 31.2 Å². The average Bonchev–Trinajstić information content (AvgIpc) is 2.28. The lowest BCUT2D eigenvalue weighted by atomic mass is 10.0. The summed E-state index contributed by atoms with van der Waals surface area (Å²) in [5, 5.41) is 0. The largest absolute Gasteiger partial charge is 0.494 e. The molecule has 2 N–H and O–H groups in total. The minimum atomic E-state index is -0.00273. The maximum atomic E-state index is 6.13. The van der Waals surface area contributed by atoms with Crippen LogP contribution in [0.2, 0.25) is 0 Å². The van der Waals surface area contributed by atoms with Crippen molar-refractivity contribution in [2.75, 3.05) is 6.61 Å². The van der Waals surface area contributed by atoms with E-state index in [-0.39, 0.29) is 18.4 Å². The van der Waals surface area contributed by atoms with Crippen LogP contribution < -0.4 is 10.5 Å². The first-order chi connectivity index (χ1) is 7.69. The smallest absolute Gasteiger partial charge is 0.124 e. The van der Waals surface area contributed by atoms with Crippen LogP contribution in [-0.4, -0.2) is 6.61 Å². The quantitative estimate of drug-likeness (QED) is 0.796. The van der Waals surface area contributed by atoms with Gasteiger partial charge in [-0.15, -0.1) is 19.0 Å². The molecule has 4 heteroatoms. The Morgan fingerprint density at radius 3 is 2.82 bits per heavy atom. The third-order valence-corrected chi connectivity index (χ3v) is 2.85. The van der Waals surface area contributed by atoms with Gasteiger partial charge in [-0.05, 0) is 38.0 Å². The summed E-state index contributed by atoms with van der Waals surface area (Å²) in [6, 6.07) is 5.95. The lowest BCUT2D eigenvalue weighted by molar-refractivity contribution is 0.333. The van der Waals surface area contributed by atoms with Crippen molar-refractivity contribution in [2.24, 2.45) is 5.73 Å². The van der Waals surface area contributed by atoms with E-state index in [0.717, 1.165) is 28.6 Å². The van der Waals surface area contributed by atoms with Gasteiger partial charge in [-0.25, -0.2) is 0 Å². The van der Waals surface area contributed by atoms with Gasteiger partial charge in [-0.2, -0.15) is 0 Å².